The lowest BCUT2D eigenvalue weighted by atomic mass is 9.85. The Morgan fingerprint density at radius 2 is 1.67 bits per heavy atom. The number of carbonyl (C=O) groups excluding carboxylic acids is 1. The fourth-order valence-corrected chi connectivity index (χ4v) is 2.45. The molecule has 18 heavy (non-hydrogen) atoms. The predicted octanol–water partition coefficient (Wildman–Crippen LogP) is 2.89. The Morgan fingerprint density at radius 3 is 2.44 bits per heavy atom. The molecule has 0 fully saturated rings. The van der Waals surface area contributed by atoms with Gasteiger partial charge in [0.1, 0.15) is 0 Å². The lowest BCUT2D eigenvalue weighted by Crippen LogP contribution is -2.16. The Balaban J connectivity index is 2.14. The van der Waals surface area contributed by atoms with E-state index in [2.05, 4.69) is 12.1 Å². The first-order valence-corrected chi connectivity index (χ1v) is 6.09. The van der Waals surface area contributed by atoms with Crippen molar-refractivity contribution >= 4 is 11.5 Å². The molecule has 2 aromatic rings. The van der Waals surface area contributed by atoms with E-state index in [4.69, 9.17) is 0 Å². The largest absolute Gasteiger partial charge is 0.378 e. The van der Waals surface area contributed by atoms with Crippen LogP contribution in [0, 0.1) is 0 Å². The summed E-state index contributed by atoms with van der Waals surface area (Å²) < 4.78 is 0. The van der Waals surface area contributed by atoms with Gasteiger partial charge in [-0.25, -0.2) is 0 Å². The van der Waals surface area contributed by atoms with Gasteiger partial charge in [-0.2, -0.15) is 0 Å². The highest BCUT2D eigenvalue weighted by Gasteiger charge is 2.22. The average molecular weight is 237 g/mol. The molecule has 0 saturated carbocycles. The number of ketones is 1. The van der Waals surface area contributed by atoms with Crippen LogP contribution in [-0.2, 0) is 6.42 Å². The Morgan fingerprint density at radius 1 is 0.944 bits per heavy atom. The molecule has 0 atom stereocenters. The maximum absolute atomic E-state index is 12.5. The van der Waals surface area contributed by atoms with Crippen molar-refractivity contribution in [3.05, 3.63) is 64.7 Å². The van der Waals surface area contributed by atoms with E-state index < -0.39 is 0 Å². The summed E-state index contributed by atoms with van der Waals surface area (Å²) in [5.74, 6) is 0.149. The topological polar surface area (TPSA) is 20.3 Å². The van der Waals surface area contributed by atoms with E-state index >= 15 is 0 Å². The molecule has 0 N–H and O–H groups in total. The minimum atomic E-state index is 0.149. The molecule has 0 radical (unpaired) electrons. The highest BCUT2D eigenvalue weighted by atomic mass is 16.1. The van der Waals surface area contributed by atoms with Gasteiger partial charge in [-0.15, -0.1) is 0 Å². The van der Waals surface area contributed by atoms with Crippen molar-refractivity contribution in [2.75, 3.05) is 19.0 Å². The third-order valence-corrected chi connectivity index (χ3v) is 3.50. The van der Waals surface area contributed by atoms with Crippen LogP contribution < -0.4 is 4.90 Å². The third-order valence-electron chi connectivity index (χ3n) is 3.50. The zero-order valence-corrected chi connectivity index (χ0v) is 10.6. The molecule has 2 nitrogen and oxygen atoms in total. The minimum absolute atomic E-state index is 0.149. The van der Waals surface area contributed by atoms with Gasteiger partial charge in [0.2, 0.25) is 0 Å². The van der Waals surface area contributed by atoms with Crippen molar-refractivity contribution in [1.82, 2.24) is 0 Å². The summed E-state index contributed by atoms with van der Waals surface area (Å²) in [5.41, 5.74) is 5.03. The molecule has 90 valence electrons. The smallest absolute Gasteiger partial charge is 0.193 e. The van der Waals surface area contributed by atoms with Crippen LogP contribution in [0.15, 0.2) is 42.5 Å². The van der Waals surface area contributed by atoms with Crippen LogP contribution in [-0.4, -0.2) is 19.9 Å². The zero-order chi connectivity index (χ0) is 12.7. The molecular formula is C16H15NO. The highest BCUT2D eigenvalue weighted by Crippen LogP contribution is 2.29. The van der Waals surface area contributed by atoms with Crippen LogP contribution in [0.5, 0.6) is 0 Å². The zero-order valence-electron chi connectivity index (χ0n) is 10.6. The predicted molar refractivity (Wildman–Crippen MR) is 73.4 cm³/mol. The van der Waals surface area contributed by atoms with E-state index in [1.807, 2.05) is 49.3 Å². The van der Waals surface area contributed by atoms with Crippen LogP contribution in [0.25, 0.3) is 0 Å². The number of hydrogen-bond donors (Lipinski definition) is 0. The molecule has 0 aliphatic heterocycles. The normalized spacial score (nSPS) is 12.9. The van der Waals surface area contributed by atoms with E-state index in [0.29, 0.717) is 0 Å². The van der Waals surface area contributed by atoms with E-state index in [1.54, 1.807) is 0 Å². The second-order valence-corrected chi connectivity index (χ2v) is 4.90. The first-order valence-electron chi connectivity index (χ1n) is 6.09. The van der Waals surface area contributed by atoms with Crippen molar-refractivity contribution in [3.63, 3.8) is 0 Å². The first kappa shape index (κ1) is 11.0. The average Bonchev–Trinajstić information content (AvgIpc) is 2.38. The van der Waals surface area contributed by atoms with Crippen molar-refractivity contribution in [3.8, 4) is 0 Å². The van der Waals surface area contributed by atoms with E-state index in [0.717, 1.165) is 34.4 Å². The third kappa shape index (κ3) is 1.61. The molecule has 1 aliphatic rings. The second kappa shape index (κ2) is 3.98. The Hall–Kier alpha value is -2.09. The van der Waals surface area contributed by atoms with E-state index in [9.17, 15) is 4.79 Å². The van der Waals surface area contributed by atoms with E-state index in [1.165, 1.54) is 0 Å². The van der Waals surface area contributed by atoms with Crippen LogP contribution in [0.2, 0.25) is 0 Å². The summed E-state index contributed by atoms with van der Waals surface area (Å²) >= 11 is 0. The molecule has 0 unspecified atom stereocenters. The van der Waals surface area contributed by atoms with Crippen molar-refractivity contribution in [2.24, 2.45) is 0 Å². The molecule has 1 aliphatic carbocycles. The van der Waals surface area contributed by atoms with Gasteiger partial charge in [0, 0.05) is 30.9 Å². The summed E-state index contributed by atoms with van der Waals surface area (Å²) in [6, 6.07) is 14.0. The van der Waals surface area contributed by atoms with Crippen LogP contribution in [0.1, 0.15) is 27.0 Å². The fourth-order valence-electron chi connectivity index (χ4n) is 2.45. The molecule has 0 heterocycles. The van der Waals surface area contributed by atoms with Crippen molar-refractivity contribution in [2.45, 2.75) is 6.42 Å². The molecular weight excluding hydrogens is 222 g/mol. The van der Waals surface area contributed by atoms with Crippen LogP contribution in [0.3, 0.4) is 0 Å². The number of rotatable bonds is 1. The lowest BCUT2D eigenvalue weighted by molar-refractivity contribution is 0.103. The number of fused-ring (bicyclic) bond motifs is 2. The minimum Gasteiger partial charge on any atom is -0.378 e. The van der Waals surface area contributed by atoms with Gasteiger partial charge < -0.3 is 4.90 Å². The SMILES string of the molecule is CN(C)c1ccc2c(c1)C(=O)c1ccccc1C2. The molecule has 0 amide bonds. The van der Waals surface area contributed by atoms with Gasteiger partial charge in [-0.05, 0) is 29.7 Å². The fraction of sp³-hybridized carbons (Fsp3) is 0.188. The summed E-state index contributed by atoms with van der Waals surface area (Å²) in [6.45, 7) is 0. The summed E-state index contributed by atoms with van der Waals surface area (Å²) in [4.78, 5) is 14.5. The molecule has 2 aromatic carbocycles. The summed E-state index contributed by atoms with van der Waals surface area (Å²) in [7, 11) is 3.98. The molecule has 0 bridgehead atoms. The van der Waals surface area contributed by atoms with Gasteiger partial charge >= 0.3 is 0 Å². The Kier molecular flexibility index (Phi) is 2.44. The molecule has 0 saturated heterocycles. The molecule has 0 spiro atoms. The Bertz CT molecular complexity index is 629. The van der Waals surface area contributed by atoms with Gasteiger partial charge in [-0.3, -0.25) is 4.79 Å². The first-order chi connectivity index (χ1) is 8.66. The van der Waals surface area contributed by atoms with Crippen molar-refractivity contribution < 1.29 is 4.79 Å². The number of nitrogens with zero attached hydrogens (tertiary/aromatic N) is 1. The van der Waals surface area contributed by atoms with Crippen LogP contribution >= 0.6 is 0 Å². The summed E-state index contributed by atoms with van der Waals surface area (Å²) in [5, 5.41) is 0. The van der Waals surface area contributed by atoms with E-state index in [-0.39, 0.29) is 5.78 Å². The van der Waals surface area contributed by atoms with Gasteiger partial charge in [-0.1, -0.05) is 30.3 Å². The van der Waals surface area contributed by atoms with Gasteiger partial charge in [0.25, 0.3) is 0 Å². The second-order valence-electron chi connectivity index (χ2n) is 4.90. The Labute approximate surface area is 107 Å². The quantitative estimate of drug-likeness (QED) is 0.648. The molecule has 0 aromatic heterocycles. The summed E-state index contributed by atoms with van der Waals surface area (Å²) in [6.07, 6.45) is 0.852. The molecule has 3 rings (SSSR count). The van der Waals surface area contributed by atoms with Gasteiger partial charge in [0.05, 0.1) is 0 Å². The number of hydrogen-bond acceptors (Lipinski definition) is 2. The molecule has 2 heteroatoms. The number of benzene rings is 2. The van der Waals surface area contributed by atoms with Crippen LogP contribution in [0.4, 0.5) is 5.69 Å². The standard InChI is InChI=1S/C16H15NO/c1-17(2)13-8-7-12-9-11-5-3-4-6-14(11)16(18)15(12)10-13/h3-8,10H,9H2,1-2H3. The number of carbonyl (C=O) groups is 1. The lowest BCUT2D eigenvalue weighted by Gasteiger charge is -2.21. The maximum Gasteiger partial charge on any atom is 0.193 e. The van der Waals surface area contributed by atoms with Crippen molar-refractivity contribution in [1.29, 1.82) is 0 Å². The maximum atomic E-state index is 12.5. The monoisotopic (exact) mass is 237 g/mol. The highest BCUT2D eigenvalue weighted by molar-refractivity contribution is 6.12. The number of anilines is 1. The van der Waals surface area contributed by atoms with Gasteiger partial charge in [0.15, 0.2) is 5.78 Å².